The van der Waals surface area contributed by atoms with Crippen molar-refractivity contribution in [3.8, 4) is 11.5 Å². The van der Waals surface area contributed by atoms with Crippen molar-refractivity contribution in [2.24, 2.45) is 0 Å². The molecule has 22 heavy (non-hydrogen) atoms. The molecule has 7 nitrogen and oxygen atoms in total. The highest BCUT2D eigenvalue weighted by Crippen LogP contribution is 2.29. The first-order chi connectivity index (χ1) is 10.4. The second-order valence-electron chi connectivity index (χ2n) is 4.76. The lowest BCUT2D eigenvalue weighted by Crippen LogP contribution is -2.42. The van der Waals surface area contributed by atoms with Crippen LogP contribution in [0.3, 0.4) is 0 Å². The molecule has 1 unspecified atom stereocenters. The lowest BCUT2D eigenvalue weighted by molar-refractivity contribution is -0.145. The first-order valence-corrected chi connectivity index (χ1v) is 6.83. The van der Waals surface area contributed by atoms with E-state index in [0.717, 1.165) is 10.5 Å². The second-order valence-corrected chi connectivity index (χ2v) is 4.76. The van der Waals surface area contributed by atoms with E-state index in [2.05, 4.69) is 5.32 Å². The number of carbonyl (C=O) groups excluding carboxylic acids is 2. The fourth-order valence-electron chi connectivity index (χ4n) is 1.89. The van der Waals surface area contributed by atoms with Crippen LogP contribution in [0.15, 0.2) is 18.2 Å². The maximum absolute atomic E-state index is 11.9. The zero-order valence-electron chi connectivity index (χ0n) is 13.3. The number of benzene rings is 1. The molecule has 7 heteroatoms. The quantitative estimate of drug-likeness (QED) is 0.739. The van der Waals surface area contributed by atoms with Crippen LogP contribution in [0, 0.1) is 0 Å². The monoisotopic (exact) mass is 310 g/mol. The van der Waals surface area contributed by atoms with E-state index in [-0.39, 0.29) is 19.2 Å². The van der Waals surface area contributed by atoms with Crippen LogP contribution < -0.4 is 14.8 Å². The fraction of sp³-hybridized carbons (Fsp3) is 0.467. The molecule has 0 aliphatic heterocycles. The highest BCUT2D eigenvalue weighted by Gasteiger charge is 2.21. The van der Waals surface area contributed by atoms with Gasteiger partial charge >= 0.3 is 11.8 Å². The van der Waals surface area contributed by atoms with Crippen LogP contribution in [0.2, 0.25) is 0 Å². The number of rotatable bonds is 6. The summed E-state index contributed by atoms with van der Waals surface area (Å²) in [6, 6.07) is 4.88. The molecule has 1 aromatic carbocycles. The molecule has 0 radical (unpaired) electrons. The molecule has 0 saturated carbocycles. The summed E-state index contributed by atoms with van der Waals surface area (Å²) in [6.07, 6.45) is 0. The smallest absolute Gasteiger partial charge is 0.311 e. The predicted octanol–water partition coefficient (Wildman–Crippen LogP) is 0.332. The molecule has 2 N–H and O–H groups in total. The summed E-state index contributed by atoms with van der Waals surface area (Å²) in [5, 5.41) is 11.4. The summed E-state index contributed by atoms with van der Waals surface area (Å²) in [4.78, 5) is 24.8. The van der Waals surface area contributed by atoms with E-state index in [0.29, 0.717) is 11.5 Å². The number of methoxy groups -OCH3 is 2. The van der Waals surface area contributed by atoms with Gasteiger partial charge in [0.05, 0.1) is 26.9 Å². The third kappa shape index (κ3) is 4.36. The summed E-state index contributed by atoms with van der Waals surface area (Å²) in [6.45, 7) is 1.68. The lowest BCUT2D eigenvalue weighted by atomic mass is 10.1. The summed E-state index contributed by atoms with van der Waals surface area (Å²) in [5.74, 6) is -0.284. The number of nitrogens with zero attached hydrogens (tertiary/aromatic N) is 1. The molecule has 0 saturated heterocycles. The Hall–Kier alpha value is -2.28. The van der Waals surface area contributed by atoms with Gasteiger partial charge in [0.1, 0.15) is 0 Å². The van der Waals surface area contributed by atoms with Crippen LogP contribution in [-0.2, 0) is 9.59 Å². The van der Waals surface area contributed by atoms with Crippen molar-refractivity contribution in [2.45, 2.75) is 13.0 Å². The lowest BCUT2D eigenvalue weighted by Gasteiger charge is -2.19. The number of aliphatic hydroxyl groups is 1. The topological polar surface area (TPSA) is 88.1 Å². The van der Waals surface area contributed by atoms with Crippen LogP contribution in [0.4, 0.5) is 0 Å². The Morgan fingerprint density at radius 1 is 1.27 bits per heavy atom. The average molecular weight is 310 g/mol. The van der Waals surface area contributed by atoms with E-state index in [1.807, 2.05) is 0 Å². The molecule has 0 aliphatic rings. The Morgan fingerprint density at radius 2 is 1.91 bits per heavy atom. The van der Waals surface area contributed by atoms with Crippen molar-refractivity contribution in [2.75, 3.05) is 34.4 Å². The number of ether oxygens (including phenoxy) is 2. The number of amides is 2. The normalized spacial score (nSPS) is 11.5. The molecular weight excluding hydrogens is 288 g/mol. The highest BCUT2D eigenvalue weighted by molar-refractivity contribution is 6.35. The van der Waals surface area contributed by atoms with Crippen LogP contribution in [0.25, 0.3) is 0 Å². The van der Waals surface area contributed by atoms with Gasteiger partial charge in [-0.3, -0.25) is 9.59 Å². The Kier molecular flexibility index (Phi) is 6.65. The van der Waals surface area contributed by atoms with Crippen molar-refractivity contribution in [3.63, 3.8) is 0 Å². The maximum atomic E-state index is 11.9. The third-order valence-electron chi connectivity index (χ3n) is 3.23. The Balaban J connectivity index is 2.78. The van der Waals surface area contributed by atoms with Crippen molar-refractivity contribution in [1.82, 2.24) is 10.2 Å². The molecule has 0 aromatic heterocycles. The molecule has 0 fully saturated rings. The van der Waals surface area contributed by atoms with Crippen molar-refractivity contribution in [3.05, 3.63) is 23.8 Å². The van der Waals surface area contributed by atoms with Gasteiger partial charge in [0.2, 0.25) is 0 Å². The standard InChI is InChI=1S/C15H22N2O5/c1-10(16-14(19)15(20)17(2)7-8-18)11-5-6-12(21-3)13(9-11)22-4/h5-6,9-10,18H,7-8H2,1-4H3,(H,16,19). The zero-order chi connectivity index (χ0) is 16.7. The van der Waals surface area contributed by atoms with Crippen LogP contribution >= 0.6 is 0 Å². The first-order valence-electron chi connectivity index (χ1n) is 6.83. The average Bonchev–Trinajstić information content (AvgIpc) is 2.53. The van der Waals surface area contributed by atoms with Gasteiger partial charge in [-0.25, -0.2) is 0 Å². The van der Waals surface area contributed by atoms with E-state index >= 15 is 0 Å². The van der Waals surface area contributed by atoms with Crippen LogP contribution in [0.1, 0.15) is 18.5 Å². The van der Waals surface area contributed by atoms with Crippen LogP contribution in [-0.4, -0.2) is 56.2 Å². The second kappa shape index (κ2) is 8.23. The summed E-state index contributed by atoms with van der Waals surface area (Å²) >= 11 is 0. The molecule has 0 spiro atoms. The number of aliphatic hydroxyl groups excluding tert-OH is 1. The predicted molar refractivity (Wildman–Crippen MR) is 80.8 cm³/mol. The van der Waals surface area contributed by atoms with Gasteiger partial charge in [-0.1, -0.05) is 6.07 Å². The Labute approximate surface area is 129 Å². The molecule has 0 bridgehead atoms. The van der Waals surface area contributed by atoms with E-state index in [1.54, 1.807) is 32.2 Å². The van der Waals surface area contributed by atoms with Crippen molar-refractivity contribution in [1.29, 1.82) is 0 Å². The van der Waals surface area contributed by atoms with Crippen molar-refractivity contribution >= 4 is 11.8 Å². The number of hydrogen-bond acceptors (Lipinski definition) is 5. The molecule has 122 valence electrons. The Morgan fingerprint density at radius 3 is 2.45 bits per heavy atom. The third-order valence-corrected chi connectivity index (χ3v) is 3.23. The van der Waals surface area contributed by atoms with Crippen molar-refractivity contribution < 1.29 is 24.2 Å². The zero-order valence-corrected chi connectivity index (χ0v) is 13.3. The highest BCUT2D eigenvalue weighted by atomic mass is 16.5. The molecule has 0 aliphatic carbocycles. The molecule has 1 aromatic rings. The number of nitrogens with one attached hydrogen (secondary N) is 1. The van der Waals surface area contributed by atoms with Gasteiger partial charge in [-0.2, -0.15) is 0 Å². The molecule has 0 heterocycles. The number of hydrogen-bond donors (Lipinski definition) is 2. The minimum Gasteiger partial charge on any atom is -0.493 e. The summed E-state index contributed by atoms with van der Waals surface area (Å²) in [5.41, 5.74) is 0.781. The minimum absolute atomic E-state index is 0.108. The van der Waals surface area contributed by atoms with Crippen LogP contribution in [0.5, 0.6) is 11.5 Å². The van der Waals surface area contributed by atoms with Gasteiger partial charge in [0.15, 0.2) is 11.5 Å². The van der Waals surface area contributed by atoms with E-state index in [4.69, 9.17) is 14.6 Å². The maximum Gasteiger partial charge on any atom is 0.311 e. The van der Waals surface area contributed by atoms with E-state index < -0.39 is 11.8 Å². The SMILES string of the molecule is COc1ccc(C(C)NC(=O)C(=O)N(C)CCO)cc1OC. The number of carbonyl (C=O) groups is 2. The Bertz CT molecular complexity index is 533. The van der Waals surface area contributed by atoms with Gasteiger partial charge in [0.25, 0.3) is 0 Å². The first kappa shape index (κ1) is 17.8. The summed E-state index contributed by atoms with van der Waals surface area (Å²) < 4.78 is 10.4. The summed E-state index contributed by atoms with van der Waals surface area (Å²) in [7, 11) is 4.52. The van der Waals surface area contributed by atoms with Gasteiger partial charge < -0.3 is 24.8 Å². The van der Waals surface area contributed by atoms with Gasteiger partial charge in [-0.15, -0.1) is 0 Å². The van der Waals surface area contributed by atoms with E-state index in [9.17, 15) is 9.59 Å². The largest absolute Gasteiger partial charge is 0.493 e. The van der Waals surface area contributed by atoms with Gasteiger partial charge in [0, 0.05) is 13.6 Å². The molecule has 1 rings (SSSR count). The molecular formula is C15H22N2O5. The van der Waals surface area contributed by atoms with Gasteiger partial charge in [-0.05, 0) is 24.6 Å². The minimum atomic E-state index is -0.724. The molecule has 2 amide bonds. The molecule has 1 atom stereocenters. The van der Waals surface area contributed by atoms with E-state index in [1.165, 1.54) is 14.2 Å². The number of likely N-dealkylation sites (N-methyl/N-ethyl adjacent to an activating group) is 1. The fourth-order valence-corrected chi connectivity index (χ4v) is 1.89.